The highest BCUT2D eigenvalue weighted by atomic mass is 79.9. The first-order valence-electron chi connectivity index (χ1n) is 3.52. The zero-order valence-electron chi connectivity index (χ0n) is 5.85. The number of hydrogen-bond acceptors (Lipinski definition) is 2. The number of alkyl halides is 1. The molecule has 0 aliphatic carbocycles. The summed E-state index contributed by atoms with van der Waals surface area (Å²) < 4.78 is 5.42. The lowest BCUT2D eigenvalue weighted by atomic mass is 10.2. The minimum absolute atomic E-state index is 0.238. The van der Waals surface area contributed by atoms with Gasteiger partial charge in [0.2, 0.25) is 0 Å². The topological polar surface area (TPSA) is 21.3 Å². The van der Waals surface area contributed by atoms with E-state index in [1.807, 2.05) is 6.20 Å². The molecule has 1 heterocycles. The van der Waals surface area contributed by atoms with E-state index in [-0.39, 0.29) is 6.23 Å². The Hall–Kier alpha value is -0.0200. The Balaban J connectivity index is 2.10. The SMILES string of the molecule is BrCCOC1CCC=CN1. The van der Waals surface area contributed by atoms with Gasteiger partial charge in [0.15, 0.2) is 0 Å². The molecule has 1 atom stereocenters. The van der Waals surface area contributed by atoms with Crippen LogP contribution in [0.4, 0.5) is 0 Å². The molecule has 0 bridgehead atoms. The summed E-state index contributed by atoms with van der Waals surface area (Å²) in [5.41, 5.74) is 0. The molecule has 0 spiro atoms. The van der Waals surface area contributed by atoms with Gasteiger partial charge in [-0.15, -0.1) is 0 Å². The summed E-state index contributed by atoms with van der Waals surface area (Å²) >= 11 is 3.31. The number of hydrogen-bond donors (Lipinski definition) is 1. The molecule has 0 fully saturated rings. The molecule has 2 nitrogen and oxygen atoms in total. The van der Waals surface area contributed by atoms with Crippen molar-refractivity contribution in [2.24, 2.45) is 0 Å². The van der Waals surface area contributed by atoms with E-state index in [1.165, 1.54) is 0 Å². The number of rotatable bonds is 3. The normalized spacial score (nSPS) is 24.3. The zero-order valence-corrected chi connectivity index (χ0v) is 7.43. The Kier molecular flexibility index (Phi) is 3.83. The molecule has 0 amide bonds. The fraction of sp³-hybridized carbons (Fsp3) is 0.714. The third-order valence-electron chi connectivity index (χ3n) is 1.39. The van der Waals surface area contributed by atoms with Crippen molar-refractivity contribution in [2.45, 2.75) is 19.1 Å². The second-order valence-corrected chi connectivity index (χ2v) is 2.99. The van der Waals surface area contributed by atoms with Gasteiger partial charge in [-0.3, -0.25) is 0 Å². The minimum Gasteiger partial charge on any atom is -0.367 e. The van der Waals surface area contributed by atoms with Crippen LogP contribution in [0, 0.1) is 0 Å². The van der Waals surface area contributed by atoms with Gasteiger partial charge in [-0.1, -0.05) is 22.0 Å². The molecule has 58 valence electrons. The molecule has 1 N–H and O–H groups in total. The van der Waals surface area contributed by atoms with E-state index in [9.17, 15) is 0 Å². The van der Waals surface area contributed by atoms with Crippen molar-refractivity contribution in [1.29, 1.82) is 0 Å². The Bertz CT molecular complexity index is 116. The molecule has 3 heteroatoms. The second-order valence-electron chi connectivity index (χ2n) is 2.19. The quantitative estimate of drug-likeness (QED) is 0.708. The lowest BCUT2D eigenvalue weighted by Gasteiger charge is -2.19. The molecule has 0 radical (unpaired) electrons. The highest BCUT2D eigenvalue weighted by Crippen LogP contribution is 2.04. The predicted octanol–water partition coefficient (Wildman–Crippen LogP) is 1.62. The number of nitrogens with one attached hydrogen (secondary N) is 1. The van der Waals surface area contributed by atoms with Crippen LogP contribution >= 0.6 is 15.9 Å². The summed E-state index contributed by atoms with van der Waals surface area (Å²) in [7, 11) is 0. The van der Waals surface area contributed by atoms with Crippen LogP contribution in [-0.4, -0.2) is 18.2 Å². The second kappa shape index (κ2) is 4.74. The molecule has 0 aromatic heterocycles. The first kappa shape index (κ1) is 8.08. The van der Waals surface area contributed by atoms with Crippen LogP contribution in [0.25, 0.3) is 0 Å². The molecule has 10 heavy (non-hydrogen) atoms. The van der Waals surface area contributed by atoms with Gasteiger partial charge >= 0.3 is 0 Å². The van der Waals surface area contributed by atoms with Gasteiger partial charge in [0.25, 0.3) is 0 Å². The maximum absolute atomic E-state index is 5.42. The average Bonchev–Trinajstić information content (AvgIpc) is 2.03. The van der Waals surface area contributed by atoms with Crippen LogP contribution in [0.5, 0.6) is 0 Å². The first-order chi connectivity index (χ1) is 4.93. The maximum atomic E-state index is 5.42. The van der Waals surface area contributed by atoms with E-state index in [4.69, 9.17) is 4.74 Å². The van der Waals surface area contributed by atoms with Gasteiger partial charge in [0.1, 0.15) is 6.23 Å². The average molecular weight is 206 g/mol. The van der Waals surface area contributed by atoms with Crippen LogP contribution in [0.1, 0.15) is 12.8 Å². The molecule has 1 aliphatic heterocycles. The van der Waals surface area contributed by atoms with Gasteiger partial charge in [-0.25, -0.2) is 0 Å². The minimum atomic E-state index is 0.238. The number of allylic oxidation sites excluding steroid dienone is 1. The third-order valence-corrected chi connectivity index (χ3v) is 1.72. The van der Waals surface area contributed by atoms with Gasteiger partial charge < -0.3 is 10.1 Å². The summed E-state index contributed by atoms with van der Waals surface area (Å²) in [6.07, 6.45) is 6.53. The molecule has 1 aliphatic rings. The van der Waals surface area contributed by atoms with Crippen LogP contribution in [0.3, 0.4) is 0 Å². The Labute approximate surface area is 69.8 Å². The smallest absolute Gasteiger partial charge is 0.127 e. The van der Waals surface area contributed by atoms with Crippen molar-refractivity contribution in [3.05, 3.63) is 12.3 Å². The highest BCUT2D eigenvalue weighted by molar-refractivity contribution is 9.09. The zero-order chi connectivity index (χ0) is 7.23. The van der Waals surface area contributed by atoms with Crippen LogP contribution in [0.15, 0.2) is 12.3 Å². The predicted molar refractivity (Wildman–Crippen MR) is 45.0 cm³/mol. The van der Waals surface area contributed by atoms with Crippen molar-refractivity contribution in [1.82, 2.24) is 5.32 Å². The molecule has 0 aromatic carbocycles. The lowest BCUT2D eigenvalue weighted by molar-refractivity contribution is 0.0419. The van der Waals surface area contributed by atoms with E-state index < -0.39 is 0 Å². The maximum Gasteiger partial charge on any atom is 0.127 e. The monoisotopic (exact) mass is 205 g/mol. The Morgan fingerprint density at radius 3 is 3.20 bits per heavy atom. The summed E-state index contributed by atoms with van der Waals surface area (Å²) in [4.78, 5) is 0. The van der Waals surface area contributed by atoms with Crippen LogP contribution in [0.2, 0.25) is 0 Å². The van der Waals surface area contributed by atoms with E-state index >= 15 is 0 Å². The van der Waals surface area contributed by atoms with Crippen LogP contribution < -0.4 is 5.32 Å². The van der Waals surface area contributed by atoms with Gasteiger partial charge in [0.05, 0.1) is 6.61 Å². The molecular formula is C7H12BrNO. The van der Waals surface area contributed by atoms with Gasteiger partial charge in [-0.2, -0.15) is 0 Å². The Morgan fingerprint density at radius 1 is 1.70 bits per heavy atom. The summed E-state index contributed by atoms with van der Waals surface area (Å²) in [6.45, 7) is 0.783. The van der Waals surface area contributed by atoms with Crippen molar-refractivity contribution in [3.8, 4) is 0 Å². The van der Waals surface area contributed by atoms with Crippen molar-refractivity contribution < 1.29 is 4.74 Å². The van der Waals surface area contributed by atoms with Gasteiger partial charge in [0, 0.05) is 5.33 Å². The largest absolute Gasteiger partial charge is 0.367 e. The molecule has 0 aromatic rings. The highest BCUT2D eigenvalue weighted by Gasteiger charge is 2.06. The fourth-order valence-electron chi connectivity index (χ4n) is 0.908. The van der Waals surface area contributed by atoms with Crippen molar-refractivity contribution in [3.63, 3.8) is 0 Å². The number of ether oxygens (including phenoxy) is 1. The molecule has 0 saturated heterocycles. The fourth-order valence-corrected chi connectivity index (χ4v) is 1.09. The van der Waals surface area contributed by atoms with Crippen molar-refractivity contribution in [2.75, 3.05) is 11.9 Å². The van der Waals surface area contributed by atoms with Gasteiger partial charge in [-0.05, 0) is 19.0 Å². The summed E-state index contributed by atoms with van der Waals surface area (Å²) in [5, 5.41) is 4.04. The third kappa shape index (κ3) is 2.71. The standard InChI is InChI=1S/C7H12BrNO/c8-4-6-10-7-3-1-2-5-9-7/h2,5,7,9H,1,3-4,6H2. The summed E-state index contributed by atoms with van der Waals surface area (Å²) in [5.74, 6) is 0. The van der Waals surface area contributed by atoms with Crippen molar-refractivity contribution >= 4 is 15.9 Å². The van der Waals surface area contributed by atoms with E-state index in [1.54, 1.807) is 0 Å². The number of halogens is 1. The first-order valence-corrected chi connectivity index (χ1v) is 4.64. The summed E-state index contributed by atoms with van der Waals surface area (Å²) in [6, 6.07) is 0. The molecular weight excluding hydrogens is 194 g/mol. The van der Waals surface area contributed by atoms with E-state index in [0.717, 1.165) is 24.8 Å². The lowest BCUT2D eigenvalue weighted by Crippen LogP contribution is -2.30. The molecule has 1 rings (SSSR count). The Morgan fingerprint density at radius 2 is 2.60 bits per heavy atom. The van der Waals surface area contributed by atoms with E-state index in [0.29, 0.717) is 0 Å². The molecule has 0 saturated carbocycles. The van der Waals surface area contributed by atoms with Crippen LogP contribution in [-0.2, 0) is 4.74 Å². The van der Waals surface area contributed by atoms with E-state index in [2.05, 4.69) is 27.3 Å². The molecule has 1 unspecified atom stereocenters.